The monoisotopic (exact) mass is 284 g/mol. The van der Waals surface area contributed by atoms with Crippen LogP contribution in [0, 0.1) is 0 Å². The van der Waals surface area contributed by atoms with E-state index in [9.17, 15) is 0 Å². The zero-order valence-corrected chi connectivity index (χ0v) is 18.9. The molecule has 0 amide bonds. The van der Waals surface area contributed by atoms with Crippen molar-refractivity contribution in [2.45, 2.75) is 20.8 Å². The van der Waals surface area contributed by atoms with Gasteiger partial charge < -0.3 is 29.7 Å². The van der Waals surface area contributed by atoms with Crippen LogP contribution >= 0.6 is 0 Å². The molecular weight excluding hydrogens is 271 g/mol. The third-order valence-electron chi connectivity index (χ3n) is 0. The minimum absolute atomic E-state index is 0. The van der Waals surface area contributed by atoms with Gasteiger partial charge in [-0.1, -0.05) is 8.41 Å². The van der Waals surface area contributed by atoms with Gasteiger partial charge in [0.1, 0.15) is 0 Å². The van der Waals surface area contributed by atoms with Gasteiger partial charge in [0.2, 0.25) is 0 Å². The van der Waals surface area contributed by atoms with Crippen LogP contribution in [0.25, 0.3) is 0 Å². The standard InChI is InChI=1S/3C2H4O2.BH4.4Na/c3*1-2(3)4;;;;;/h3*1H3,(H,3,4);1H4;;;;/q;;;-1;4*+1/p-3. The predicted octanol–water partition coefficient (Wildman–Crippen LogP) is -17.2. The zero-order chi connectivity index (χ0) is 10.7. The Labute approximate surface area is 191 Å². The van der Waals surface area contributed by atoms with Gasteiger partial charge in [-0.15, -0.1) is 0 Å². The van der Waals surface area contributed by atoms with E-state index in [0.29, 0.717) is 0 Å². The molecule has 11 heteroatoms. The fourth-order valence-corrected chi connectivity index (χ4v) is 0. The van der Waals surface area contributed by atoms with Crippen molar-refractivity contribution in [3.63, 3.8) is 0 Å². The van der Waals surface area contributed by atoms with Crippen LogP contribution in [0.2, 0.25) is 0 Å². The van der Waals surface area contributed by atoms with E-state index in [1.807, 2.05) is 0 Å². The largest absolute Gasteiger partial charge is 1.00 e. The molecule has 0 fully saturated rings. The van der Waals surface area contributed by atoms with Crippen LogP contribution in [0.1, 0.15) is 20.8 Å². The molecular formula is C6H13BNa4O6. The van der Waals surface area contributed by atoms with E-state index in [4.69, 9.17) is 29.7 Å². The maximum absolute atomic E-state index is 8.89. The molecule has 0 aromatic rings. The normalized spacial score (nSPS) is 4.41. The molecule has 0 rings (SSSR count). The second kappa shape index (κ2) is 42.8. The summed E-state index contributed by atoms with van der Waals surface area (Å²) in [5, 5.41) is 26.7. The molecule has 17 heavy (non-hydrogen) atoms. The summed E-state index contributed by atoms with van der Waals surface area (Å²) in [6.45, 7) is 2.92. The van der Waals surface area contributed by atoms with Gasteiger partial charge in [-0.05, 0) is 20.8 Å². The Hall–Kier alpha value is 2.47. The number of hydrogen-bond acceptors (Lipinski definition) is 6. The molecule has 0 bridgehead atoms. The quantitative estimate of drug-likeness (QED) is 0.407. The van der Waals surface area contributed by atoms with Crippen molar-refractivity contribution in [1.82, 2.24) is 0 Å². The van der Waals surface area contributed by atoms with Crippen molar-refractivity contribution in [3.05, 3.63) is 0 Å². The number of carbonyl (C=O) groups excluding carboxylic acids is 3. The van der Waals surface area contributed by atoms with Crippen molar-refractivity contribution in [1.29, 1.82) is 0 Å². The average molecular weight is 284 g/mol. The molecule has 0 aliphatic rings. The second-order valence-corrected chi connectivity index (χ2v) is 1.47. The Morgan fingerprint density at radius 1 is 0.588 bits per heavy atom. The van der Waals surface area contributed by atoms with Crippen LogP contribution < -0.4 is 134 Å². The molecule has 0 aromatic heterocycles. The van der Waals surface area contributed by atoms with E-state index in [-0.39, 0.29) is 127 Å². The first-order valence-corrected chi connectivity index (χ1v) is 2.72. The molecule has 0 unspecified atom stereocenters. The number of carboxylic acid groups (broad SMARTS) is 3. The van der Waals surface area contributed by atoms with E-state index in [0.717, 1.165) is 20.8 Å². The Kier molecular flexibility index (Phi) is 127. The van der Waals surface area contributed by atoms with Crippen molar-refractivity contribution in [3.8, 4) is 0 Å². The molecule has 0 aliphatic heterocycles. The maximum atomic E-state index is 8.89. The smallest absolute Gasteiger partial charge is 0.550 e. The Morgan fingerprint density at radius 2 is 0.588 bits per heavy atom. The summed E-state index contributed by atoms with van der Waals surface area (Å²) in [7, 11) is 0. The van der Waals surface area contributed by atoms with Gasteiger partial charge in [-0.25, -0.2) is 0 Å². The molecule has 0 N–H and O–H groups in total. The summed E-state index contributed by atoms with van der Waals surface area (Å²) < 4.78 is 0. The molecule has 0 aromatic carbocycles. The molecule has 0 spiro atoms. The summed E-state index contributed by atoms with van der Waals surface area (Å²) in [6, 6.07) is 0. The molecule has 0 aliphatic carbocycles. The molecule has 6 nitrogen and oxygen atoms in total. The summed E-state index contributed by atoms with van der Waals surface area (Å²) in [4.78, 5) is 26.7. The Bertz CT molecular complexity index is 128. The number of rotatable bonds is 0. The van der Waals surface area contributed by atoms with E-state index < -0.39 is 17.9 Å². The Morgan fingerprint density at radius 3 is 0.588 bits per heavy atom. The van der Waals surface area contributed by atoms with Crippen molar-refractivity contribution < 1.29 is 148 Å². The topological polar surface area (TPSA) is 120 Å². The van der Waals surface area contributed by atoms with E-state index >= 15 is 0 Å². The van der Waals surface area contributed by atoms with Gasteiger partial charge >= 0.3 is 118 Å². The van der Waals surface area contributed by atoms with Gasteiger partial charge in [-0.3, -0.25) is 0 Å². The molecule has 0 saturated heterocycles. The van der Waals surface area contributed by atoms with E-state index in [1.54, 1.807) is 0 Å². The first kappa shape index (κ1) is 50.5. The van der Waals surface area contributed by atoms with Gasteiger partial charge in [0.15, 0.2) is 0 Å². The molecule has 0 heterocycles. The third kappa shape index (κ3) is 819. The van der Waals surface area contributed by atoms with Crippen molar-refractivity contribution >= 4 is 26.3 Å². The van der Waals surface area contributed by atoms with E-state index in [2.05, 4.69) is 0 Å². The molecule has 0 radical (unpaired) electrons. The molecule has 0 saturated carbocycles. The van der Waals surface area contributed by atoms with Crippen LogP contribution in [-0.4, -0.2) is 26.3 Å². The average Bonchev–Trinajstić information content (AvgIpc) is 1.54. The van der Waals surface area contributed by atoms with Crippen molar-refractivity contribution in [2.75, 3.05) is 0 Å². The van der Waals surface area contributed by atoms with Gasteiger partial charge in [-0.2, -0.15) is 0 Å². The molecule has 0 atom stereocenters. The summed E-state index contributed by atoms with van der Waals surface area (Å²) in [5.41, 5.74) is 0. The minimum Gasteiger partial charge on any atom is -0.550 e. The van der Waals surface area contributed by atoms with Gasteiger partial charge in [0.05, 0.1) is 0 Å². The predicted molar refractivity (Wildman–Crippen MR) is 43.4 cm³/mol. The first-order valence-electron chi connectivity index (χ1n) is 2.72. The minimum atomic E-state index is -1.08. The van der Waals surface area contributed by atoms with Crippen LogP contribution in [0.4, 0.5) is 0 Å². The van der Waals surface area contributed by atoms with Gasteiger partial charge in [0, 0.05) is 17.9 Å². The van der Waals surface area contributed by atoms with Crippen LogP contribution in [-0.2, 0) is 14.4 Å². The first-order chi connectivity index (χ1) is 5.20. The van der Waals surface area contributed by atoms with Crippen LogP contribution in [0.5, 0.6) is 0 Å². The zero-order valence-electron chi connectivity index (χ0n) is 10.9. The number of aliphatic carboxylic acids is 3. The molecule has 80 valence electrons. The summed E-state index contributed by atoms with van der Waals surface area (Å²) >= 11 is 0. The SMILES string of the molecule is CC(=O)[O-].CC(=O)[O-].CC(=O)[O-].[BH4-].[Na+].[Na+].[Na+].[Na+]. The number of carbonyl (C=O) groups is 3. The number of hydrogen-bond donors (Lipinski definition) is 0. The Balaban J connectivity index is -0.0000000104. The van der Waals surface area contributed by atoms with Crippen LogP contribution in [0.3, 0.4) is 0 Å². The van der Waals surface area contributed by atoms with Gasteiger partial charge in [0.25, 0.3) is 0 Å². The third-order valence-corrected chi connectivity index (χ3v) is 0. The number of carboxylic acids is 3. The van der Waals surface area contributed by atoms with Crippen molar-refractivity contribution in [2.24, 2.45) is 0 Å². The summed E-state index contributed by atoms with van der Waals surface area (Å²) in [6.07, 6.45) is 0. The fourth-order valence-electron chi connectivity index (χ4n) is 0. The fraction of sp³-hybridized carbons (Fsp3) is 0.500. The maximum Gasteiger partial charge on any atom is 1.00 e. The van der Waals surface area contributed by atoms with E-state index in [1.165, 1.54) is 0 Å². The van der Waals surface area contributed by atoms with Crippen LogP contribution in [0.15, 0.2) is 0 Å². The second-order valence-electron chi connectivity index (χ2n) is 1.47. The summed E-state index contributed by atoms with van der Waals surface area (Å²) in [5.74, 6) is -3.25.